The Bertz CT molecular complexity index is 534. The molecule has 17 heavy (non-hydrogen) atoms. The quantitative estimate of drug-likeness (QED) is 0.884. The smallest absolute Gasteiger partial charge is 0.0562 e. The molecule has 2 aromatic carbocycles. The zero-order chi connectivity index (χ0) is 12.4. The van der Waals surface area contributed by atoms with Crippen molar-refractivity contribution in [2.75, 3.05) is 0 Å². The summed E-state index contributed by atoms with van der Waals surface area (Å²) in [6.07, 6.45) is 0. The number of nitrogens with two attached hydrogens (primary N) is 1. The summed E-state index contributed by atoms with van der Waals surface area (Å²) in [5.74, 6) is 0. The Hall–Kier alpha value is -1.12. The average molecular weight is 290 g/mol. The van der Waals surface area contributed by atoms with Gasteiger partial charge >= 0.3 is 0 Å². The van der Waals surface area contributed by atoms with Crippen LogP contribution in [0.2, 0.25) is 0 Å². The molecule has 2 N–H and O–H groups in total. The Morgan fingerprint density at radius 3 is 2.35 bits per heavy atom. The fraction of sp³-hybridized carbons (Fsp3) is 0.200. The largest absolute Gasteiger partial charge is 0.320 e. The van der Waals surface area contributed by atoms with Gasteiger partial charge in [-0.25, -0.2) is 0 Å². The van der Waals surface area contributed by atoms with Crippen LogP contribution in [0.4, 0.5) is 0 Å². The van der Waals surface area contributed by atoms with Crippen molar-refractivity contribution >= 4 is 15.9 Å². The standard InChI is InChI=1S/C15H16BrN/c1-10-7-8-12(9-11(10)2)15(17)13-5-3-4-6-14(13)16/h3-9,15H,17H2,1-2H3. The Labute approximate surface area is 111 Å². The van der Waals surface area contributed by atoms with E-state index >= 15 is 0 Å². The summed E-state index contributed by atoms with van der Waals surface area (Å²) in [5, 5.41) is 0. The van der Waals surface area contributed by atoms with E-state index in [9.17, 15) is 0 Å². The molecule has 0 saturated carbocycles. The molecule has 0 spiro atoms. The lowest BCUT2D eigenvalue weighted by atomic mass is 9.96. The number of hydrogen-bond acceptors (Lipinski definition) is 1. The zero-order valence-electron chi connectivity index (χ0n) is 10.1. The van der Waals surface area contributed by atoms with E-state index in [0.29, 0.717) is 0 Å². The van der Waals surface area contributed by atoms with E-state index in [1.54, 1.807) is 0 Å². The van der Waals surface area contributed by atoms with Crippen LogP contribution in [-0.2, 0) is 0 Å². The van der Waals surface area contributed by atoms with Crippen LogP contribution in [-0.4, -0.2) is 0 Å². The predicted octanol–water partition coefficient (Wildman–Crippen LogP) is 4.11. The lowest BCUT2D eigenvalue weighted by Gasteiger charge is -2.15. The number of hydrogen-bond donors (Lipinski definition) is 1. The lowest BCUT2D eigenvalue weighted by Crippen LogP contribution is -2.12. The molecule has 0 heterocycles. The van der Waals surface area contributed by atoms with E-state index in [1.807, 2.05) is 18.2 Å². The van der Waals surface area contributed by atoms with Crippen LogP contribution in [0.1, 0.15) is 28.3 Å². The highest BCUT2D eigenvalue weighted by atomic mass is 79.9. The first-order valence-electron chi connectivity index (χ1n) is 5.67. The Balaban J connectivity index is 2.40. The third-order valence-electron chi connectivity index (χ3n) is 3.13. The van der Waals surface area contributed by atoms with E-state index in [2.05, 4.69) is 54.0 Å². The van der Waals surface area contributed by atoms with Crippen LogP contribution in [0.15, 0.2) is 46.9 Å². The minimum absolute atomic E-state index is 0.0788. The summed E-state index contributed by atoms with van der Waals surface area (Å²) in [5.41, 5.74) is 11.2. The van der Waals surface area contributed by atoms with Gasteiger partial charge in [0.2, 0.25) is 0 Å². The molecule has 0 aliphatic carbocycles. The summed E-state index contributed by atoms with van der Waals surface area (Å²) in [4.78, 5) is 0. The first-order chi connectivity index (χ1) is 8.09. The van der Waals surface area contributed by atoms with Crippen LogP contribution in [0.25, 0.3) is 0 Å². The van der Waals surface area contributed by atoms with Gasteiger partial charge in [0, 0.05) is 4.47 Å². The Kier molecular flexibility index (Phi) is 3.65. The second-order valence-electron chi connectivity index (χ2n) is 4.34. The molecule has 2 rings (SSSR count). The van der Waals surface area contributed by atoms with Gasteiger partial charge in [0.15, 0.2) is 0 Å². The zero-order valence-corrected chi connectivity index (χ0v) is 11.7. The summed E-state index contributed by atoms with van der Waals surface area (Å²) < 4.78 is 1.06. The van der Waals surface area contributed by atoms with Crippen molar-refractivity contribution in [1.29, 1.82) is 0 Å². The molecule has 0 aromatic heterocycles. The monoisotopic (exact) mass is 289 g/mol. The summed E-state index contributed by atoms with van der Waals surface area (Å²) in [6.45, 7) is 4.23. The molecule has 0 bridgehead atoms. The molecule has 0 amide bonds. The van der Waals surface area contributed by atoms with Gasteiger partial charge in [-0.15, -0.1) is 0 Å². The third-order valence-corrected chi connectivity index (χ3v) is 3.85. The van der Waals surface area contributed by atoms with E-state index in [0.717, 1.165) is 15.6 Å². The molecule has 1 atom stereocenters. The predicted molar refractivity (Wildman–Crippen MR) is 76.1 cm³/mol. The van der Waals surface area contributed by atoms with Crippen LogP contribution >= 0.6 is 15.9 Å². The van der Waals surface area contributed by atoms with Gasteiger partial charge in [0.25, 0.3) is 0 Å². The van der Waals surface area contributed by atoms with Crippen LogP contribution in [0.5, 0.6) is 0 Å². The number of halogens is 1. The van der Waals surface area contributed by atoms with E-state index in [1.165, 1.54) is 11.1 Å². The highest BCUT2D eigenvalue weighted by Crippen LogP contribution is 2.27. The maximum Gasteiger partial charge on any atom is 0.0562 e. The van der Waals surface area contributed by atoms with Gasteiger partial charge < -0.3 is 5.73 Å². The van der Waals surface area contributed by atoms with Crippen molar-refractivity contribution in [3.63, 3.8) is 0 Å². The van der Waals surface area contributed by atoms with Crippen molar-refractivity contribution in [1.82, 2.24) is 0 Å². The molecular weight excluding hydrogens is 274 g/mol. The van der Waals surface area contributed by atoms with Crippen LogP contribution in [0, 0.1) is 13.8 Å². The molecule has 2 heteroatoms. The molecule has 1 unspecified atom stereocenters. The molecule has 0 aliphatic heterocycles. The minimum Gasteiger partial charge on any atom is -0.320 e. The van der Waals surface area contributed by atoms with Gasteiger partial charge in [-0.3, -0.25) is 0 Å². The summed E-state index contributed by atoms with van der Waals surface area (Å²) >= 11 is 3.55. The molecule has 88 valence electrons. The lowest BCUT2D eigenvalue weighted by molar-refractivity contribution is 0.863. The van der Waals surface area contributed by atoms with Gasteiger partial charge in [-0.1, -0.05) is 52.3 Å². The molecule has 0 radical (unpaired) electrons. The first-order valence-corrected chi connectivity index (χ1v) is 6.46. The fourth-order valence-electron chi connectivity index (χ4n) is 1.86. The molecule has 1 nitrogen and oxygen atoms in total. The van der Waals surface area contributed by atoms with Crippen LogP contribution < -0.4 is 5.73 Å². The second kappa shape index (κ2) is 5.03. The fourth-order valence-corrected chi connectivity index (χ4v) is 2.40. The third kappa shape index (κ3) is 2.59. The van der Waals surface area contributed by atoms with Crippen molar-refractivity contribution in [2.24, 2.45) is 5.73 Å². The van der Waals surface area contributed by atoms with Gasteiger partial charge in [0.05, 0.1) is 6.04 Å². The highest BCUT2D eigenvalue weighted by molar-refractivity contribution is 9.10. The van der Waals surface area contributed by atoms with Gasteiger partial charge in [-0.2, -0.15) is 0 Å². The Morgan fingerprint density at radius 2 is 1.71 bits per heavy atom. The normalized spacial score (nSPS) is 12.5. The number of aryl methyl sites for hydroxylation is 2. The summed E-state index contributed by atoms with van der Waals surface area (Å²) in [7, 11) is 0. The topological polar surface area (TPSA) is 26.0 Å². The average Bonchev–Trinajstić information content (AvgIpc) is 2.32. The SMILES string of the molecule is Cc1ccc(C(N)c2ccccc2Br)cc1C. The maximum absolute atomic E-state index is 6.31. The first kappa shape index (κ1) is 12.3. The summed E-state index contributed by atoms with van der Waals surface area (Å²) in [6, 6.07) is 14.4. The minimum atomic E-state index is -0.0788. The van der Waals surface area contributed by atoms with Crippen molar-refractivity contribution < 1.29 is 0 Å². The van der Waals surface area contributed by atoms with E-state index in [4.69, 9.17) is 5.73 Å². The second-order valence-corrected chi connectivity index (χ2v) is 5.20. The molecule has 0 aliphatic rings. The molecular formula is C15H16BrN. The molecule has 2 aromatic rings. The highest BCUT2D eigenvalue weighted by Gasteiger charge is 2.11. The van der Waals surface area contributed by atoms with Crippen LogP contribution in [0.3, 0.4) is 0 Å². The Morgan fingerprint density at radius 1 is 1.00 bits per heavy atom. The van der Waals surface area contributed by atoms with Crippen molar-refractivity contribution in [2.45, 2.75) is 19.9 Å². The van der Waals surface area contributed by atoms with Gasteiger partial charge in [0.1, 0.15) is 0 Å². The number of rotatable bonds is 2. The van der Waals surface area contributed by atoms with E-state index < -0.39 is 0 Å². The molecule has 0 fully saturated rings. The number of benzene rings is 2. The van der Waals surface area contributed by atoms with E-state index in [-0.39, 0.29) is 6.04 Å². The maximum atomic E-state index is 6.31. The van der Waals surface area contributed by atoms with Crippen molar-refractivity contribution in [3.8, 4) is 0 Å². The van der Waals surface area contributed by atoms with Crippen molar-refractivity contribution in [3.05, 3.63) is 69.2 Å². The van der Waals surface area contributed by atoms with Gasteiger partial charge in [-0.05, 0) is 42.2 Å². The molecule has 0 saturated heterocycles.